The number of aryl methyl sites for hydroxylation is 1. The van der Waals surface area contributed by atoms with E-state index < -0.39 is 0 Å². The molecule has 1 atom stereocenters. The number of hydrogen-bond acceptors (Lipinski definition) is 7. The third-order valence-electron chi connectivity index (χ3n) is 7.31. The number of rotatable bonds is 9. The maximum Gasteiger partial charge on any atom is 0.228 e. The quantitative estimate of drug-likeness (QED) is 0.257. The summed E-state index contributed by atoms with van der Waals surface area (Å²) in [6.07, 6.45) is 9.80. The fourth-order valence-electron chi connectivity index (χ4n) is 5.05. The molecule has 2 aromatic heterocycles. The van der Waals surface area contributed by atoms with Gasteiger partial charge in [-0.1, -0.05) is 37.1 Å². The number of benzene rings is 2. The molecule has 3 heterocycles. The zero-order valence-electron chi connectivity index (χ0n) is 21.3. The van der Waals surface area contributed by atoms with Crippen LogP contribution in [0.5, 0.6) is 11.6 Å². The van der Waals surface area contributed by atoms with Gasteiger partial charge in [0.1, 0.15) is 5.75 Å². The Morgan fingerprint density at radius 3 is 2.78 bits per heavy atom. The second-order valence-corrected chi connectivity index (χ2v) is 10.2. The van der Waals surface area contributed by atoms with E-state index in [-0.39, 0.29) is 0 Å². The van der Waals surface area contributed by atoms with Crippen LogP contribution in [0.1, 0.15) is 37.7 Å². The average molecular weight is 495 g/mol. The molecule has 37 heavy (non-hydrogen) atoms. The molecule has 6 rings (SSSR count). The highest BCUT2D eigenvalue weighted by Gasteiger charge is 2.21. The van der Waals surface area contributed by atoms with Crippen molar-refractivity contribution < 1.29 is 4.74 Å². The smallest absolute Gasteiger partial charge is 0.228 e. The molecule has 7 heteroatoms. The molecule has 2 aromatic carbocycles. The van der Waals surface area contributed by atoms with Crippen LogP contribution in [0.15, 0.2) is 60.9 Å². The second kappa shape index (κ2) is 10.7. The summed E-state index contributed by atoms with van der Waals surface area (Å²) in [5, 5.41) is 12.8. The third kappa shape index (κ3) is 5.52. The van der Waals surface area contributed by atoms with Gasteiger partial charge in [0.15, 0.2) is 0 Å². The van der Waals surface area contributed by atoms with Gasteiger partial charge in [0.2, 0.25) is 11.8 Å². The average Bonchev–Trinajstić information content (AvgIpc) is 3.76. The number of ether oxygens (including phenoxy) is 1. The zero-order chi connectivity index (χ0) is 25.0. The maximum atomic E-state index is 6.58. The van der Waals surface area contributed by atoms with Crippen molar-refractivity contribution in [2.75, 3.05) is 30.3 Å². The largest absolute Gasteiger partial charge is 0.437 e. The highest BCUT2D eigenvalue weighted by atomic mass is 16.5. The lowest BCUT2D eigenvalue weighted by Gasteiger charge is -2.23. The lowest BCUT2D eigenvalue weighted by molar-refractivity contribution is 0.466. The zero-order valence-corrected chi connectivity index (χ0v) is 21.3. The van der Waals surface area contributed by atoms with Crippen LogP contribution < -0.4 is 20.7 Å². The van der Waals surface area contributed by atoms with Gasteiger partial charge in [-0.3, -0.25) is 0 Å². The molecule has 7 nitrogen and oxygen atoms in total. The Labute approximate surface area is 218 Å². The summed E-state index contributed by atoms with van der Waals surface area (Å²) in [7, 11) is 0. The topological polar surface area (TPSA) is 84.0 Å². The van der Waals surface area contributed by atoms with Gasteiger partial charge >= 0.3 is 0 Å². The summed E-state index contributed by atoms with van der Waals surface area (Å²) in [5.74, 6) is 2.89. The number of anilines is 2. The molecule has 1 aliphatic carbocycles. The minimum absolute atomic E-state index is 0.332. The first-order valence-corrected chi connectivity index (χ1v) is 13.4. The second-order valence-electron chi connectivity index (χ2n) is 10.2. The molecule has 2 aliphatic rings. The molecule has 0 spiro atoms. The van der Waals surface area contributed by atoms with E-state index in [1.807, 2.05) is 18.2 Å². The number of hydrogen-bond donors (Lipinski definition) is 3. The Morgan fingerprint density at radius 1 is 0.973 bits per heavy atom. The fourth-order valence-corrected chi connectivity index (χ4v) is 5.05. The van der Waals surface area contributed by atoms with Crippen LogP contribution in [0.25, 0.3) is 22.0 Å². The van der Waals surface area contributed by atoms with E-state index in [1.165, 1.54) is 19.3 Å². The number of fused-ring (bicyclic) bond motifs is 1. The van der Waals surface area contributed by atoms with E-state index in [2.05, 4.69) is 63.2 Å². The number of piperidine rings is 1. The van der Waals surface area contributed by atoms with Crippen molar-refractivity contribution >= 4 is 22.4 Å². The van der Waals surface area contributed by atoms with Crippen LogP contribution in [0.4, 0.5) is 11.6 Å². The van der Waals surface area contributed by atoms with E-state index in [4.69, 9.17) is 9.72 Å². The summed E-state index contributed by atoms with van der Waals surface area (Å²) in [6.45, 7) is 5.07. The lowest BCUT2D eigenvalue weighted by Crippen LogP contribution is -2.38. The predicted molar refractivity (Wildman–Crippen MR) is 149 cm³/mol. The third-order valence-corrected chi connectivity index (χ3v) is 7.31. The van der Waals surface area contributed by atoms with Crippen LogP contribution in [-0.2, 0) is 0 Å². The molecule has 1 unspecified atom stereocenters. The molecule has 1 saturated carbocycles. The Morgan fingerprint density at radius 2 is 1.92 bits per heavy atom. The summed E-state index contributed by atoms with van der Waals surface area (Å²) in [4.78, 5) is 13.9. The monoisotopic (exact) mass is 494 g/mol. The molecule has 3 N–H and O–H groups in total. The molecular formula is C30H34N6O. The fraction of sp³-hybridized carbons (Fsp3) is 0.367. The van der Waals surface area contributed by atoms with Gasteiger partial charge in [0.25, 0.3) is 0 Å². The van der Waals surface area contributed by atoms with Gasteiger partial charge in [-0.05, 0) is 68.5 Å². The van der Waals surface area contributed by atoms with E-state index in [9.17, 15) is 0 Å². The molecule has 190 valence electrons. The van der Waals surface area contributed by atoms with Crippen molar-refractivity contribution in [3.63, 3.8) is 0 Å². The predicted octanol–water partition coefficient (Wildman–Crippen LogP) is 6.17. The van der Waals surface area contributed by atoms with Gasteiger partial charge < -0.3 is 20.7 Å². The first-order valence-electron chi connectivity index (χ1n) is 13.4. The SMILES string of the molecule is Cc1ccc2c(NCCC3CC3)cccc2c1Oc1ncccc1-c1ccnc(NC2CCCNC2)n1. The highest BCUT2D eigenvalue weighted by molar-refractivity contribution is 5.98. The minimum Gasteiger partial charge on any atom is -0.437 e. The van der Waals surface area contributed by atoms with Crippen molar-refractivity contribution in [3.05, 3.63) is 66.5 Å². The molecule has 0 amide bonds. The number of aromatic nitrogens is 3. The van der Waals surface area contributed by atoms with E-state index in [0.29, 0.717) is 17.9 Å². The molecular weight excluding hydrogens is 460 g/mol. The first-order chi connectivity index (χ1) is 18.2. The van der Waals surface area contributed by atoms with Crippen molar-refractivity contribution in [2.24, 2.45) is 5.92 Å². The molecule has 0 radical (unpaired) electrons. The Bertz CT molecular complexity index is 1380. The summed E-state index contributed by atoms with van der Waals surface area (Å²) in [6, 6.07) is 16.8. The van der Waals surface area contributed by atoms with Crippen LogP contribution in [-0.4, -0.2) is 40.6 Å². The van der Waals surface area contributed by atoms with Crippen LogP contribution in [0.3, 0.4) is 0 Å². The van der Waals surface area contributed by atoms with E-state index in [0.717, 1.165) is 77.4 Å². The molecule has 0 bridgehead atoms. The lowest BCUT2D eigenvalue weighted by atomic mass is 10.0. The first kappa shape index (κ1) is 23.7. The van der Waals surface area contributed by atoms with Crippen molar-refractivity contribution in [1.82, 2.24) is 20.3 Å². The standard InChI is InChI=1S/C30H34N6O/c1-20-9-12-23-24(6-2-8-26(23)32-17-13-21-10-11-21)28(20)37-29-25(7-4-16-33-29)27-14-18-34-30(36-27)35-22-5-3-15-31-19-22/h2,4,6-9,12,14,16,18,21-22,31-32H,3,5,10-11,13,15,17,19H2,1H3,(H,34,35,36). The van der Waals surface area contributed by atoms with Crippen molar-refractivity contribution in [2.45, 2.75) is 45.1 Å². The molecule has 2 fully saturated rings. The highest BCUT2D eigenvalue weighted by Crippen LogP contribution is 2.39. The number of pyridine rings is 1. The van der Waals surface area contributed by atoms with Gasteiger partial charge in [-0.2, -0.15) is 0 Å². The normalized spacial score (nSPS) is 17.5. The molecule has 1 aliphatic heterocycles. The summed E-state index contributed by atoms with van der Waals surface area (Å²) in [5.41, 5.74) is 3.83. The van der Waals surface area contributed by atoms with E-state index >= 15 is 0 Å². The maximum absolute atomic E-state index is 6.58. The van der Waals surface area contributed by atoms with Crippen LogP contribution in [0.2, 0.25) is 0 Å². The Kier molecular flexibility index (Phi) is 6.86. The number of nitrogens with one attached hydrogen (secondary N) is 3. The molecule has 1 saturated heterocycles. The minimum atomic E-state index is 0.332. The van der Waals surface area contributed by atoms with Gasteiger partial charge in [-0.15, -0.1) is 0 Å². The summed E-state index contributed by atoms with van der Waals surface area (Å²) >= 11 is 0. The van der Waals surface area contributed by atoms with Gasteiger partial charge in [-0.25, -0.2) is 15.0 Å². The molecule has 4 aromatic rings. The summed E-state index contributed by atoms with van der Waals surface area (Å²) < 4.78 is 6.58. The Balaban J connectivity index is 1.29. The van der Waals surface area contributed by atoms with Crippen LogP contribution >= 0.6 is 0 Å². The van der Waals surface area contributed by atoms with Gasteiger partial charge in [0.05, 0.1) is 11.3 Å². The Hall–Kier alpha value is -3.71. The van der Waals surface area contributed by atoms with Crippen LogP contribution in [0, 0.1) is 12.8 Å². The number of nitrogens with zero attached hydrogens (tertiary/aromatic N) is 3. The van der Waals surface area contributed by atoms with Gasteiger partial charge in [0, 0.05) is 48.0 Å². The van der Waals surface area contributed by atoms with Crippen molar-refractivity contribution in [3.8, 4) is 22.9 Å². The van der Waals surface area contributed by atoms with E-state index in [1.54, 1.807) is 12.4 Å². The van der Waals surface area contributed by atoms with Crippen molar-refractivity contribution in [1.29, 1.82) is 0 Å².